The molecule has 8 nitrogen and oxygen atoms in total. The molecule has 0 radical (unpaired) electrons. The maximum absolute atomic E-state index is 12.9. The first kappa shape index (κ1) is 25.1. The van der Waals surface area contributed by atoms with Crippen molar-refractivity contribution in [3.05, 3.63) is 47.0 Å². The fourth-order valence-corrected chi connectivity index (χ4v) is 6.66. The summed E-state index contributed by atoms with van der Waals surface area (Å²) in [6, 6.07) is 9.15. The van der Waals surface area contributed by atoms with Gasteiger partial charge in [0.25, 0.3) is 5.78 Å². The summed E-state index contributed by atoms with van der Waals surface area (Å²) in [6.07, 6.45) is 9.00. The molecule has 8 heteroatoms. The van der Waals surface area contributed by atoms with Gasteiger partial charge in [0.2, 0.25) is 5.91 Å². The Morgan fingerprint density at radius 1 is 0.895 bits per heavy atom. The number of aryl methyl sites for hydroxylation is 3. The molecule has 6 rings (SSSR count). The van der Waals surface area contributed by atoms with Crippen molar-refractivity contribution in [1.82, 2.24) is 24.5 Å². The van der Waals surface area contributed by atoms with Crippen molar-refractivity contribution in [2.75, 3.05) is 31.1 Å². The second-order valence-corrected chi connectivity index (χ2v) is 11.5. The molecule has 1 aromatic carbocycles. The molecule has 1 atom stereocenters. The lowest BCUT2D eigenvalue weighted by Gasteiger charge is -2.34. The summed E-state index contributed by atoms with van der Waals surface area (Å²) < 4.78 is 8.25. The van der Waals surface area contributed by atoms with Crippen LogP contribution in [-0.2, 0) is 4.79 Å². The molecular weight excluding hydrogens is 476 g/mol. The number of nitrogens with zero attached hydrogens (tertiary/aromatic N) is 6. The number of rotatable bonds is 5. The number of likely N-dealkylation sites (tertiary alicyclic amines) is 1. The highest BCUT2D eigenvalue weighted by atomic mass is 16.5. The van der Waals surface area contributed by atoms with Gasteiger partial charge in [0.1, 0.15) is 11.9 Å². The van der Waals surface area contributed by atoms with E-state index in [-0.39, 0.29) is 12.0 Å². The summed E-state index contributed by atoms with van der Waals surface area (Å²) in [5.41, 5.74) is 4.47. The van der Waals surface area contributed by atoms with Gasteiger partial charge in [-0.3, -0.25) is 4.79 Å². The van der Waals surface area contributed by atoms with E-state index in [1.54, 1.807) is 4.52 Å². The molecule has 1 saturated carbocycles. The largest absolute Gasteiger partial charge is 0.485 e. The van der Waals surface area contributed by atoms with Crippen molar-refractivity contribution in [2.24, 2.45) is 5.92 Å². The fraction of sp³-hybridized carbons (Fsp3) is 0.600. The van der Waals surface area contributed by atoms with Gasteiger partial charge in [-0.1, -0.05) is 12.1 Å². The summed E-state index contributed by atoms with van der Waals surface area (Å²) in [6.45, 7) is 9.65. The third-order valence-corrected chi connectivity index (χ3v) is 8.84. The molecule has 0 unspecified atom stereocenters. The SMILES string of the molecule is Cc1nc2nc(C)c(O[C@@H]3CCN(c4ccc(C5CCC(C(=O)N6CCCCC6)CC5)cc4)C3)c(C)n2n1. The summed E-state index contributed by atoms with van der Waals surface area (Å²) >= 11 is 0. The average molecular weight is 517 g/mol. The zero-order valence-corrected chi connectivity index (χ0v) is 23.0. The highest BCUT2D eigenvalue weighted by Gasteiger charge is 2.31. The van der Waals surface area contributed by atoms with Crippen LogP contribution in [0.5, 0.6) is 5.75 Å². The predicted molar refractivity (Wildman–Crippen MR) is 148 cm³/mol. The van der Waals surface area contributed by atoms with Gasteiger partial charge in [0.15, 0.2) is 5.75 Å². The molecular formula is C30H40N6O2. The number of amides is 1. The molecule has 2 saturated heterocycles. The van der Waals surface area contributed by atoms with Gasteiger partial charge in [-0.2, -0.15) is 9.50 Å². The Balaban J connectivity index is 1.04. The van der Waals surface area contributed by atoms with Crippen LogP contribution < -0.4 is 9.64 Å². The van der Waals surface area contributed by atoms with Crippen molar-refractivity contribution in [2.45, 2.75) is 84.2 Å². The van der Waals surface area contributed by atoms with Crippen molar-refractivity contribution < 1.29 is 9.53 Å². The van der Waals surface area contributed by atoms with Crippen molar-refractivity contribution >= 4 is 17.4 Å². The molecule has 3 fully saturated rings. The minimum absolute atomic E-state index is 0.115. The van der Waals surface area contributed by atoms with Crippen LogP contribution in [0.2, 0.25) is 0 Å². The number of benzene rings is 1. The second-order valence-electron chi connectivity index (χ2n) is 11.5. The normalized spacial score (nSPS) is 24.2. The predicted octanol–water partition coefficient (Wildman–Crippen LogP) is 4.99. The van der Waals surface area contributed by atoms with Crippen LogP contribution >= 0.6 is 0 Å². The zero-order valence-electron chi connectivity index (χ0n) is 23.0. The first-order valence-corrected chi connectivity index (χ1v) is 14.5. The number of fused-ring (bicyclic) bond motifs is 1. The first-order chi connectivity index (χ1) is 18.5. The highest BCUT2D eigenvalue weighted by molar-refractivity contribution is 5.79. The summed E-state index contributed by atoms with van der Waals surface area (Å²) in [4.78, 5) is 26.5. The lowest BCUT2D eigenvalue weighted by molar-refractivity contribution is -0.137. The van der Waals surface area contributed by atoms with E-state index in [1.807, 2.05) is 20.8 Å². The van der Waals surface area contributed by atoms with Crippen molar-refractivity contribution in [3.63, 3.8) is 0 Å². The minimum atomic E-state index is 0.115. The molecule has 3 aromatic rings. The van der Waals surface area contributed by atoms with Gasteiger partial charge < -0.3 is 14.5 Å². The topological polar surface area (TPSA) is 75.9 Å². The van der Waals surface area contributed by atoms with Crippen molar-refractivity contribution in [1.29, 1.82) is 0 Å². The molecule has 2 aromatic heterocycles. The number of hydrogen-bond acceptors (Lipinski definition) is 6. The molecule has 1 amide bonds. The van der Waals surface area contributed by atoms with E-state index in [9.17, 15) is 4.79 Å². The molecule has 3 aliphatic rings. The Morgan fingerprint density at radius 3 is 2.37 bits per heavy atom. The average Bonchev–Trinajstić information content (AvgIpc) is 3.57. The summed E-state index contributed by atoms with van der Waals surface area (Å²) in [5, 5.41) is 4.47. The number of carbonyl (C=O) groups is 1. The smallest absolute Gasteiger partial charge is 0.253 e. The number of anilines is 1. The van der Waals surface area contributed by atoms with Crippen LogP contribution in [0.1, 0.15) is 80.1 Å². The van der Waals surface area contributed by atoms with E-state index in [2.05, 4.69) is 49.1 Å². The number of aromatic nitrogens is 4. The van der Waals surface area contributed by atoms with Gasteiger partial charge in [-0.25, -0.2) is 4.98 Å². The fourth-order valence-electron chi connectivity index (χ4n) is 6.66. The highest BCUT2D eigenvalue weighted by Crippen LogP contribution is 2.38. The lowest BCUT2D eigenvalue weighted by atomic mass is 9.78. The Hall–Kier alpha value is -3.16. The summed E-state index contributed by atoms with van der Waals surface area (Å²) in [5.74, 6) is 3.38. The number of carbonyl (C=O) groups excluding carboxylic acids is 1. The maximum Gasteiger partial charge on any atom is 0.253 e. The van der Waals surface area contributed by atoms with E-state index in [0.29, 0.717) is 23.4 Å². The molecule has 0 spiro atoms. The van der Waals surface area contributed by atoms with Gasteiger partial charge in [-0.05, 0) is 89.3 Å². The van der Waals surface area contributed by atoms with Crippen LogP contribution in [0.3, 0.4) is 0 Å². The third-order valence-electron chi connectivity index (χ3n) is 8.84. The van der Waals surface area contributed by atoms with E-state index < -0.39 is 0 Å². The first-order valence-electron chi connectivity index (χ1n) is 14.5. The summed E-state index contributed by atoms with van der Waals surface area (Å²) in [7, 11) is 0. The van der Waals surface area contributed by atoms with Crippen LogP contribution in [-0.4, -0.2) is 62.7 Å². The minimum Gasteiger partial charge on any atom is -0.485 e. The third kappa shape index (κ3) is 4.97. The second kappa shape index (κ2) is 10.5. The van der Waals surface area contributed by atoms with Crippen LogP contribution in [0.4, 0.5) is 5.69 Å². The molecule has 38 heavy (non-hydrogen) atoms. The van der Waals surface area contributed by atoms with E-state index in [4.69, 9.17) is 4.74 Å². The standard InChI is InChI=1S/C30H40N6O2/c1-20-28(21(2)36-30(31-20)32-22(3)33-36)38-27-15-18-35(19-27)26-13-11-24(12-14-26)23-7-9-25(10-8-23)29(37)34-16-5-4-6-17-34/h11-14,23,25,27H,4-10,15-19H2,1-3H3/t23?,25?,27-/m1/s1. The Morgan fingerprint density at radius 2 is 1.63 bits per heavy atom. The molecule has 1 aliphatic carbocycles. The van der Waals surface area contributed by atoms with E-state index >= 15 is 0 Å². The molecule has 202 valence electrons. The number of piperidine rings is 1. The Bertz CT molecular complexity index is 1290. The number of hydrogen-bond donors (Lipinski definition) is 0. The molecule has 0 bridgehead atoms. The molecule has 2 aliphatic heterocycles. The monoisotopic (exact) mass is 516 g/mol. The van der Waals surface area contributed by atoms with Crippen molar-refractivity contribution in [3.8, 4) is 5.75 Å². The zero-order chi connectivity index (χ0) is 26.2. The van der Waals surface area contributed by atoms with Crippen LogP contribution in [0.25, 0.3) is 5.78 Å². The lowest BCUT2D eigenvalue weighted by Crippen LogP contribution is -2.40. The van der Waals surface area contributed by atoms with Gasteiger partial charge in [0, 0.05) is 37.7 Å². The Labute approximate surface area is 225 Å². The van der Waals surface area contributed by atoms with Gasteiger partial charge in [-0.15, -0.1) is 5.10 Å². The Kier molecular flexibility index (Phi) is 6.97. The van der Waals surface area contributed by atoms with Gasteiger partial charge in [0.05, 0.1) is 17.9 Å². The quantitative estimate of drug-likeness (QED) is 0.475. The van der Waals surface area contributed by atoms with Crippen LogP contribution in [0, 0.1) is 26.7 Å². The van der Waals surface area contributed by atoms with Crippen LogP contribution in [0.15, 0.2) is 24.3 Å². The van der Waals surface area contributed by atoms with Gasteiger partial charge >= 0.3 is 0 Å². The molecule has 0 N–H and O–H groups in total. The molecule has 4 heterocycles. The van der Waals surface area contributed by atoms with E-state index in [0.717, 1.165) is 75.4 Å². The number of ether oxygens (including phenoxy) is 1. The maximum atomic E-state index is 12.9. The van der Waals surface area contributed by atoms with E-state index in [1.165, 1.54) is 30.5 Å².